The Morgan fingerprint density at radius 3 is 2.33 bits per heavy atom. The smallest absolute Gasteiger partial charge is 0.408 e. The molecule has 1 heterocycles. The number of hydrogen-bond donors (Lipinski definition) is 2. The van der Waals surface area contributed by atoms with Crippen LogP contribution in [0.15, 0.2) is 29.6 Å². The molecular formula is C23H32N4O5S. The zero-order valence-corrected chi connectivity index (χ0v) is 20.7. The van der Waals surface area contributed by atoms with E-state index >= 15 is 0 Å². The van der Waals surface area contributed by atoms with E-state index in [1.807, 2.05) is 26.2 Å². The van der Waals surface area contributed by atoms with Gasteiger partial charge in [-0.05, 0) is 38.7 Å². The van der Waals surface area contributed by atoms with Crippen molar-refractivity contribution >= 4 is 29.0 Å². The molecule has 2 unspecified atom stereocenters. The van der Waals surface area contributed by atoms with Gasteiger partial charge in [-0.2, -0.15) is 0 Å². The Morgan fingerprint density at radius 2 is 1.85 bits per heavy atom. The quantitative estimate of drug-likeness (QED) is 0.408. The van der Waals surface area contributed by atoms with Crippen molar-refractivity contribution in [3.63, 3.8) is 0 Å². The summed E-state index contributed by atoms with van der Waals surface area (Å²) < 4.78 is 5.28. The summed E-state index contributed by atoms with van der Waals surface area (Å²) in [7, 11) is 0. The first-order valence-corrected chi connectivity index (χ1v) is 11.7. The predicted molar refractivity (Wildman–Crippen MR) is 127 cm³/mol. The molecule has 1 aromatic heterocycles. The van der Waals surface area contributed by atoms with Gasteiger partial charge in [0.15, 0.2) is 0 Å². The number of hydrogen-bond acceptors (Lipinski definition) is 7. The number of ether oxygens (including phenoxy) is 1. The fraction of sp³-hybridized carbons (Fsp3) is 0.522. The van der Waals surface area contributed by atoms with Crippen LogP contribution in [-0.4, -0.2) is 40.1 Å². The van der Waals surface area contributed by atoms with Crippen LogP contribution in [0.2, 0.25) is 0 Å². The Hall–Kier alpha value is -3.01. The number of amides is 2. The lowest BCUT2D eigenvalue weighted by Gasteiger charge is -2.26. The molecule has 2 rings (SSSR count). The zero-order valence-electron chi connectivity index (χ0n) is 19.9. The van der Waals surface area contributed by atoms with E-state index in [2.05, 4.69) is 15.6 Å². The molecule has 2 aromatic rings. The number of nitro groups is 1. The summed E-state index contributed by atoms with van der Waals surface area (Å²) in [6.07, 6.45) is 0.126. The third-order valence-electron chi connectivity index (χ3n) is 4.84. The summed E-state index contributed by atoms with van der Waals surface area (Å²) in [5.41, 5.74) is 1.07. The SMILES string of the molecule is CCc1csc(C(CNC(=O)C(NC(=O)OC(C)(C)C)C(C)C)c2ccc([N+](=O)[O-])cc2)n1. The number of carbonyl (C=O) groups excluding carboxylic acids is 2. The lowest BCUT2D eigenvalue weighted by molar-refractivity contribution is -0.384. The third kappa shape index (κ3) is 7.81. The van der Waals surface area contributed by atoms with Gasteiger partial charge in [0.1, 0.15) is 16.7 Å². The van der Waals surface area contributed by atoms with Gasteiger partial charge in [-0.3, -0.25) is 14.9 Å². The largest absolute Gasteiger partial charge is 0.444 e. The summed E-state index contributed by atoms with van der Waals surface area (Å²) >= 11 is 1.48. The van der Waals surface area contributed by atoms with Crippen molar-refractivity contribution in [2.75, 3.05) is 6.54 Å². The zero-order chi connectivity index (χ0) is 24.8. The highest BCUT2D eigenvalue weighted by molar-refractivity contribution is 7.09. The Morgan fingerprint density at radius 1 is 1.21 bits per heavy atom. The van der Waals surface area contributed by atoms with Gasteiger partial charge in [0.05, 0.1) is 16.5 Å². The number of carbonyl (C=O) groups is 2. The van der Waals surface area contributed by atoms with Crippen LogP contribution >= 0.6 is 11.3 Å². The molecular weight excluding hydrogens is 444 g/mol. The van der Waals surface area contributed by atoms with Crippen LogP contribution in [0, 0.1) is 16.0 Å². The second-order valence-corrected chi connectivity index (χ2v) is 9.93. The Balaban J connectivity index is 2.20. The summed E-state index contributed by atoms with van der Waals surface area (Å²) in [5, 5.41) is 19.4. The van der Waals surface area contributed by atoms with Crippen molar-refractivity contribution in [2.45, 2.75) is 65.5 Å². The van der Waals surface area contributed by atoms with Crippen LogP contribution in [-0.2, 0) is 16.0 Å². The first-order chi connectivity index (χ1) is 15.4. The number of non-ortho nitro benzene ring substituents is 1. The minimum Gasteiger partial charge on any atom is -0.444 e. The summed E-state index contributed by atoms with van der Waals surface area (Å²) in [6, 6.07) is 5.47. The van der Waals surface area contributed by atoms with Gasteiger partial charge in [-0.15, -0.1) is 11.3 Å². The van der Waals surface area contributed by atoms with Gasteiger partial charge in [-0.25, -0.2) is 9.78 Å². The summed E-state index contributed by atoms with van der Waals surface area (Å²) in [5.74, 6) is -0.786. The normalized spacial score (nSPS) is 13.3. The summed E-state index contributed by atoms with van der Waals surface area (Å²) in [4.78, 5) is 40.4. The summed E-state index contributed by atoms with van der Waals surface area (Å²) in [6.45, 7) is 11.2. The number of rotatable bonds is 9. The molecule has 2 amide bonds. The molecule has 33 heavy (non-hydrogen) atoms. The number of thiazole rings is 1. The van der Waals surface area contributed by atoms with Crippen molar-refractivity contribution < 1.29 is 19.2 Å². The Kier molecular flexibility index (Phi) is 8.92. The van der Waals surface area contributed by atoms with Crippen molar-refractivity contribution in [1.82, 2.24) is 15.6 Å². The van der Waals surface area contributed by atoms with Crippen LogP contribution in [0.1, 0.15) is 63.7 Å². The van der Waals surface area contributed by atoms with Gasteiger partial charge >= 0.3 is 6.09 Å². The minimum atomic E-state index is -0.778. The molecule has 0 bridgehead atoms. The topological polar surface area (TPSA) is 123 Å². The monoisotopic (exact) mass is 476 g/mol. The average Bonchev–Trinajstić information content (AvgIpc) is 3.20. The number of alkyl carbamates (subject to hydrolysis) is 1. The van der Waals surface area contributed by atoms with E-state index in [0.29, 0.717) is 0 Å². The number of nitro benzene ring substituents is 1. The van der Waals surface area contributed by atoms with E-state index in [1.165, 1.54) is 23.5 Å². The molecule has 0 saturated heterocycles. The molecule has 10 heteroatoms. The number of nitrogens with zero attached hydrogens (tertiary/aromatic N) is 2. The lowest BCUT2D eigenvalue weighted by atomic mass is 9.98. The first kappa shape index (κ1) is 26.2. The first-order valence-electron chi connectivity index (χ1n) is 10.9. The molecule has 0 aliphatic heterocycles. The molecule has 0 aliphatic rings. The van der Waals surface area contributed by atoms with Gasteiger partial charge in [0.25, 0.3) is 5.69 Å². The number of aromatic nitrogens is 1. The molecule has 9 nitrogen and oxygen atoms in total. The predicted octanol–water partition coefficient (Wildman–Crippen LogP) is 4.41. The van der Waals surface area contributed by atoms with E-state index in [1.54, 1.807) is 32.9 Å². The second-order valence-electron chi connectivity index (χ2n) is 9.04. The molecule has 0 radical (unpaired) electrons. The highest BCUT2D eigenvalue weighted by Crippen LogP contribution is 2.28. The van der Waals surface area contributed by atoms with Crippen molar-refractivity contribution in [2.24, 2.45) is 5.92 Å². The lowest BCUT2D eigenvalue weighted by Crippen LogP contribution is -2.51. The van der Waals surface area contributed by atoms with E-state index in [4.69, 9.17) is 4.74 Å². The van der Waals surface area contributed by atoms with Crippen LogP contribution in [0.25, 0.3) is 0 Å². The maximum atomic E-state index is 13.0. The fourth-order valence-electron chi connectivity index (χ4n) is 3.10. The molecule has 1 aromatic carbocycles. The van der Waals surface area contributed by atoms with E-state index in [9.17, 15) is 19.7 Å². The average molecular weight is 477 g/mol. The maximum Gasteiger partial charge on any atom is 0.408 e. The van der Waals surface area contributed by atoms with Crippen molar-refractivity contribution in [3.05, 3.63) is 56.0 Å². The van der Waals surface area contributed by atoms with Crippen LogP contribution in [0.3, 0.4) is 0 Å². The van der Waals surface area contributed by atoms with Gasteiger partial charge in [-0.1, -0.05) is 32.9 Å². The Labute approximate surface area is 198 Å². The number of aryl methyl sites for hydroxylation is 1. The van der Waals surface area contributed by atoms with E-state index in [0.717, 1.165) is 22.7 Å². The fourth-order valence-corrected chi connectivity index (χ4v) is 4.13. The number of benzene rings is 1. The molecule has 0 fully saturated rings. The molecule has 0 aliphatic carbocycles. The molecule has 0 saturated carbocycles. The minimum absolute atomic E-state index is 0.00338. The van der Waals surface area contributed by atoms with Gasteiger partial charge < -0.3 is 15.4 Å². The third-order valence-corrected chi connectivity index (χ3v) is 5.85. The maximum absolute atomic E-state index is 13.0. The number of nitrogens with one attached hydrogen (secondary N) is 2. The molecule has 180 valence electrons. The van der Waals surface area contributed by atoms with Crippen LogP contribution in [0.5, 0.6) is 0 Å². The highest BCUT2D eigenvalue weighted by atomic mass is 32.1. The molecule has 0 spiro atoms. The highest BCUT2D eigenvalue weighted by Gasteiger charge is 2.28. The Bertz CT molecular complexity index is 966. The standard InChI is InChI=1S/C23H32N4O5S/c1-7-16-13-33-21(25-16)18(15-8-10-17(11-9-15)27(30)31)12-24-20(28)19(14(2)3)26-22(29)32-23(4,5)6/h8-11,13-14,18-19H,7,12H2,1-6H3,(H,24,28)(H,26,29). The van der Waals surface area contributed by atoms with E-state index in [-0.39, 0.29) is 30.0 Å². The molecule has 2 atom stereocenters. The van der Waals surface area contributed by atoms with Crippen LogP contribution in [0.4, 0.5) is 10.5 Å². The van der Waals surface area contributed by atoms with Gasteiger partial charge in [0.2, 0.25) is 5.91 Å². The van der Waals surface area contributed by atoms with Crippen LogP contribution < -0.4 is 10.6 Å². The second kappa shape index (κ2) is 11.2. The van der Waals surface area contributed by atoms with Gasteiger partial charge in [0, 0.05) is 24.1 Å². The molecule has 2 N–H and O–H groups in total. The van der Waals surface area contributed by atoms with Crippen molar-refractivity contribution in [3.8, 4) is 0 Å². The van der Waals surface area contributed by atoms with E-state index < -0.39 is 22.7 Å². The van der Waals surface area contributed by atoms with Crippen molar-refractivity contribution in [1.29, 1.82) is 0 Å².